The summed E-state index contributed by atoms with van der Waals surface area (Å²) in [5.74, 6) is 1.60. The largest absolute Gasteiger partial charge is 0.326 e. The minimum atomic E-state index is 0.577. The lowest BCUT2D eigenvalue weighted by Gasteiger charge is -2.04. The lowest BCUT2D eigenvalue weighted by Crippen LogP contribution is -2.06. The molecule has 88 valence electrons. The Labute approximate surface area is 99.6 Å². The van der Waals surface area contributed by atoms with Crippen molar-refractivity contribution in [1.29, 1.82) is 0 Å². The third-order valence-corrected chi connectivity index (χ3v) is 3.09. The van der Waals surface area contributed by atoms with Crippen LogP contribution in [0.1, 0.15) is 35.7 Å². The first-order chi connectivity index (χ1) is 8.36. The molecule has 5 heteroatoms. The van der Waals surface area contributed by atoms with Crippen molar-refractivity contribution in [3.8, 4) is 0 Å². The molecule has 1 heterocycles. The lowest BCUT2D eigenvalue weighted by molar-refractivity contribution is 0.619. The third kappa shape index (κ3) is 2.19. The summed E-state index contributed by atoms with van der Waals surface area (Å²) in [6.07, 6.45) is 2.43. The van der Waals surface area contributed by atoms with Gasteiger partial charge in [0, 0.05) is 12.5 Å². The van der Waals surface area contributed by atoms with Gasteiger partial charge in [0.05, 0.1) is 6.54 Å². The van der Waals surface area contributed by atoms with Crippen molar-refractivity contribution in [3.63, 3.8) is 0 Å². The van der Waals surface area contributed by atoms with Gasteiger partial charge in [-0.2, -0.15) is 0 Å². The topological polar surface area (TPSA) is 69.6 Å². The predicted molar refractivity (Wildman–Crippen MR) is 63.2 cm³/mol. The monoisotopic (exact) mass is 229 g/mol. The molecule has 5 nitrogen and oxygen atoms in total. The lowest BCUT2D eigenvalue weighted by atomic mass is 10.1. The Morgan fingerprint density at radius 3 is 2.53 bits per heavy atom. The smallest absolute Gasteiger partial charge is 0.154 e. The molecule has 17 heavy (non-hydrogen) atoms. The van der Waals surface area contributed by atoms with Crippen LogP contribution in [0.15, 0.2) is 24.3 Å². The second-order valence-electron chi connectivity index (χ2n) is 4.49. The van der Waals surface area contributed by atoms with E-state index in [0.29, 0.717) is 12.5 Å². The Bertz CT molecular complexity index is 498. The zero-order valence-electron chi connectivity index (χ0n) is 9.58. The molecule has 0 spiro atoms. The summed E-state index contributed by atoms with van der Waals surface area (Å²) in [5.41, 5.74) is 7.92. The average molecular weight is 229 g/mol. The van der Waals surface area contributed by atoms with E-state index in [4.69, 9.17) is 5.73 Å². The molecule has 0 radical (unpaired) electrons. The van der Waals surface area contributed by atoms with Gasteiger partial charge in [0.15, 0.2) is 5.82 Å². The van der Waals surface area contributed by atoms with E-state index in [1.54, 1.807) is 0 Å². The quantitative estimate of drug-likeness (QED) is 0.851. The second-order valence-corrected chi connectivity index (χ2v) is 4.49. The summed E-state index contributed by atoms with van der Waals surface area (Å²) in [5, 5.41) is 11.9. The third-order valence-electron chi connectivity index (χ3n) is 3.09. The first-order valence-electron chi connectivity index (χ1n) is 5.91. The van der Waals surface area contributed by atoms with Crippen LogP contribution in [-0.2, 0) is 13.1 Å². The molecule has 1 aliphatic carbocycles. The fourth-order valence-electron chi connectivity index (χ4n) is 1.91. The molecule has 0 amide bonds. The Morgan fingerprint density at radius 2 is 1.88 bits per heavy atom. The van der Waals surface area contributed by atoms with Crippen molar-refractivity contribution >= 4 is 0 Å². The molecule has 2 N–H and O–H groups in total. The van der Waals surface area contributed by atoms with E-state index >= 15 is 0 Å². The van der Waals surface area contributed by atoms with Crippen LogP contribution in [-0.4, -0.2) is 20.2 Å². The van der Waals surface area contributed by atoms with Crippen molar-refractivity contribution in [3.05, 3.63) is 41.2 Å². The first-order valence-corrected chi connectivity index (χ1v) is 5.91. The van der Waals surface area contributed by atoms with Gasteiger partial charge in [0.2, 0.25) is 0 Å². The van der Waals surface area contributed by atoms with Gasteiger partial charge in [-0.3, -0.25) is 0 Å². The summed E-state index contributed by atoms with van der Waals surface area (Å²) in [6, 6.07) is 8.27. The van der Waals surface area contributed by atoms with Gasteiger partial charge < -0.3 is 5.73 Å². The van der Waals surface area contributed by atoms with E-state index in [1.165, 1.54) is 18.4 Å². The molecular formula is C12H15N5. The van der Waals surface area contributed by atoms with E-state index in [2.05, 4.69) is 39.8 Å². The van der Waals surface area contributed by atoms with Crippen LogP contribution in [0.4, 0.5) is 0 Å². The molecular weight excluding hydrogens is 214 g/mol. The first kappa shape index (κ1) is 10.4. The highest BCUT2D eigenvalue weighted by atomic mass is 15.5. The fourth-order valence-corrected chi connectivity index (χ4v) is 1.91. The second kappa shape index (κ2) is 4.25. The summed E-state index contributed by atoms with van der Waals surface area (Å²) < 4.78 is 1.90. The van der Waals surface area contributed by atoms with Crippen molar-refractivity contribution in [2.75, 3.05) is 0 Å². The number of hydrogen-bond donors (Lipinski definition) is 1. The van der Waals surface area contributed by atoms with E-state index in [9.17, 15) is 0 Å². The summed E-state index contributed by atoms with van der Waals surface area (Å²) in [6.45, 7) is 1.32. The highest BCUT2D eigenvalue weighted by Crippen LogP contribution is 2.38. The van der Waals surface area contributed by atoms with Crippen molar-refractivity contribution in [1.82, 2.24) is 20.2 Å². The molecule has 0 aliphatic heterocycles. The van der Waals surface area contributed by atoms with Gasteiger partial charge in [-0.05, 0) is 34.4 Å². The molecule has 1 aliphatic rings. The molecule has 0 bridgehead atoms. The fraction of sp³-hybridized carbons (Fsp3) is 0.417. The molecule has 1 saturated carbocycles. The highest BCUT2D eigenvalue weighted by Gasteiger charge is 2.29. The molecule has 1 aromatic heterocycles. The van der Waals surface area contributed by atoms with Crippen molar-refractivity contribution in [2.45, 2.75) is 31.8 Å². The van der Waals surface area contributed by atoms with Crippen LogP contribution >= 0.6 is 0 Å². The predicted octanol–water partition coefficient (Wildman–Crippen LogP) is 1.06. The van der Waals surface area contributed by atoms with Crippen LogP contribution in [0.2, 0.25) is 0 Å². The van der Waals surface area contributed by atoms with Crippen molar-refractivity contribution in [2.24, 2.45) is 5.73 Å². The van der Waals surface area contributed by atoms with Crippen LogP contribution in [0.3, 0.4) is 0 Å². The minimum absolute atomic E-state index is 0.577. The molecule has 0 atom stereocenters. The van der Waals surface area contributed by atoms with E-state index < -0.39 is 0 Å². The maximum absolute atomic E-state index is 5.57. The van der Waals surface area contributed by atoms with Gasteiger partial charge in [0.1, 0.15) is 0 Å². The molecule has 0 unspecified atom stereocenters. The molecule has 1 fully saturated rings. The van der Waals surface area contributed by atoms with Gasteiger partial charge in [0.25, 0.3) is 0 Å². The van der Waals surface area contributed by atoms with E-state index in [1.807, 2.05) is 4.68 Å². The molecule has 3 rings (SSSR count). The Hall–Kier alpha value is -1.75. The van der Waals surface area contributed by atoms with Crippen LogP contribution in [0, 0.1) is 0 Å². The van der Waals surface area contributed by atoms with Crippen LogP contribution in [0.25, 0.3) is 0 Å². The Kier molecular flexibility index (Phi) is 2.60. The molecule has 0 saturated heterocycles. The van der Waals surface area contributed by atoms with Gasteiger partial charge in [-0.15, -0.1) is 5.10 Å². The number of aromatic nitrogens is 4. The maximum Gasteiger partial charge on any atom is 0.154 e. The van der Waals surface area contributed by atoms with Gasteiger partial charge in [-0.25, -0.2) is 4.68 Å². The molecule has 2 aromatic rings. The standard InChI is InChI=1S/C12H15N5/c13-7-9-1-3-10(4-2-9)8-17-12(11-5-6-11)14-15-16-17/h1-4,11H,5-8,13H2. The summed E-state index contributed by atoms with van der Waals surface area (Å²) in [7, 11) is 0. The Morgan fingerprint density at radius 1 is 1.18 bits per heavy atom. The zero-order chi connectivity index (χ0) is 11.7. The van der Waals surface area contributed by atoms with E-state index in [-0.39, 0.29) is 0 Å². The van der Waals surface area contributed by atoms with Gasteiger partial charge >= 0.3 is 0 Å². The average Bonchev–Trinajstić information content (AvgIpc) is 3.11. The van der Waals surface area contributed by atoms with E-state index in [0.717, 1.165) is 17.9 Å². The number of benzene rings is 1. The number of rotatable bonds is 4. The Balaban J connectivity index is 1.78. The molecule has 1 aromatic carbocycles. The van der Waals surface area contributed by atoms with Crippen molar-refractivity contribution < 1.29 is 0 Å². The SMILES string of the molecule is NCc1ccc(Cn2nnnc2C2CC2)cc1. The number of tetrazole rings is 1. The number of nitrogens with zero attached hydrogens (tertiary/aromatic N) is 4. The number of hydrogen-bond acceptors (Lipinski definition) is 4. The normalized spacial score (nSPS) is 15.1. The van der Waals surface area contributed by atoms with Gasteiger partial charge in [-0.1, -0.05) is 24.3 Å². The summed E-state index contributed by atoms with van der Waals surface area (Å²) >= 11 is 0. The minimum Gasteiger partial charge on any atom is -0.326 e. The van der Waals surface area contributed by atoms with Crippen LogP contribution < -0.4 is 5.73 Å². The zero-order valence-corrected chi connectivity index (χ0v) is 9.58. The maximum atomic E-state index is 5.57. The van der Waals surface area contributed by atoms with Crippen LogP contribution in [0.5, 0.6) is 0 Å². The highest BCUT2D eigenvalue weighted by molar-refractivity contribution is 5.22. The number of nitrogens with two attached hydrogens (primary N) is 1. The summed E-state index contributed by atoms with van der Waals surface area (Å²) in [4.78, 5) is 0.